The summed E-state index contributed by atoms with van der Waals surface area (Å²) in [6, 6.07) is 7.89. The molecule has 0 saturated heterocycles. The Balaban J connectivity index is 1.71. The highest BCUT2D eigenvalue weighted by Gasteiger charge is 2.59. The Morgan fingerprint density at radius 2 is 2.04 bits per heavy atom. The van der Waals surface area contributed by atoms with Crippen LogP contribution in [-0.2, 0) is 20.9 Å². The van der Waals surface area contributed by atoms with Gasteiger partial charge in [-0.2, -0.15) is 0 Å². The number of rotatable bonds is 7. The average molecular weight is 356 g/mol. The minimum Gasteiger partial charge on any atom is -0.388 e. The van der Waals surface area contributed by atoms with Crippen LogP contribution in [0.1, 0.15) is 44.7 Å². The highest BCUT2D eigenvalue weighted by atomic mass is 16.5. The number of allylic oxidation sites excluding steroid dienone is 1. The molecule has 2 bridgehead atoms. The molecule has 0 spiro atoms. The minimum absolute atomic E-state index is 0.0757. The number of carbonyl (C=O) groups is 2. The summed E-state index contributed by atoms with van der Waals surface area (Å²) in [4.78, 5) is 24.0. The molecule has 26 heavy (non-hydrogen) atoms. The number of ketones is 2. The number of ether oxygens (including phenoxy) is 1. The molecule has 4 heteroatoms. The zero-order valence-corrected chi connectivity index (χ0v) is 15.8. The SMILES string of the molecule is CC(C)C1C2CCC1(C)C(=O)/C2=C\c1ccc(COCC(=O)CO)cc1. The summed E-state index contributed by atoms with van der Waals surface area (Å²) in [5, 5.41) is 8.68. The molecule has 1 N–H and O–H groups in total. The monoisotopic (exact) mass is 356 g/mol. The third-order valence-corrected chi connectivity index (χ3v) is 6.05. The lowest BCUT2D eigenvalue weighted by Crippen LogP contribution is -2.29. The molecule has 0 heterocycles. The van der Waals surface area contributed by atoms with Crippen molar-refractivity contribution in [2.24, 2.45) is 23.2 Å². The number of Topliss-reactive ketones (excluding diaryl/α,β-unsaturated/α-hetero) is 2. The van der Waals surface area contributed by atoms with E-state index in [1.165, 1.54) is 0 Å². The fourth-order valence-electron chi connectivity index (χ4n) is 4.95. The van der Waals surface area contributed by atoms with E-state index in [9.17, 15) is 9.59 Å². The number of carbonyl (C=O) groups excluding carboxylic acids is 2. The van der Waals surface area contributed by atoms with Crippen LogP contribution in [0.25, 0.3) is 6.08 Å². The molecule has 0 radical (unpaired) electrons. The second-order valence-corrected chi connectivity index (χ2v) is 8.19. The van der Waals surface area contributed by atoms with Gasteiger partial charge in [-0.3, -0.25) is 9.59 Å². The van der Waals surface area contributed by atoms with Crippen LogP contribution in [0, 0.1) is 23.2 Å². The van der Waals surface area contributed by atoms with Crippen molar-refractivity contribution >= 4 is 17.6 Å². The largest absolute Gasteiger partial charge is 0.388 e. The molecule has 1 aromatic carbocycles. The Kier molecular flexibility index (Phi) is 5.44. The van der Waals surface area contributed by atoms with Crippen LogP contribution in [0.4, 0.5) is 0 Å². The Labute approximate surface area is 155 Å². The van der Waals surface area contributed by atoms with Crippen molar-refractivity contribution in [2.45, 2.75) is 40.2 Å². The van der Waals surface area contributed by atoms with Crippen LogP contribution in [0.2, 0.25) is 0 Å². The van der Waals surface area contributed by atoms with Gasteiger partial charge < -0.3 is 9.84 Å². The van der Waals surface area contributed by atoms with E-state index in [0.717, 1.165) is 29.5 Å². The maximum absolute atomic E-state index is 13.0. The molecule has 3 unspecified atom stereocenters. The average Bonchev–Trinajstić information content (AvgIpc) is 3.07. The lowest BCUT2D eigenvalue weighted by molar-refractivity contribution is -0.126. The second kappa shape index (κ2) is 7.45. The quantitative estimate of drug-likeness (QED) is 0.761. The van der Waals surface area contributed by atoms with E-state index in [2.05, 4.69) is 26.8 Å². The van der Waals surface area contributed by atoms with Crippen molar-refractivity contribution < 1.29 is 19.4 Å². The molecule has 1 aromatic rings. The molecule has 2 aliphatic rings. The van der Waals surface area contributed by atoms with Crippen molar-refractivity contribution in [1.82, 2.24) is 0 Å². The van der Waals surface area contributed by atoms with Gasteiger partial charge in [-0.1, -0.05) is 45.0 Å². The fourth-order valence-corrected chi connectivity index (χ4v) is 4.95. The van der Waals surface area contributed by atoms with Crippen molar-refractivity contribution in [3.63, 3.8) is 0 Å². The van der Waals surface area contributed by atoms with Crippen molar-refractivity contribution in [2.75, 3.05) is 13.2 Å². The van der Waals surface area contributed by atoms with E-state index in [0.29, 0.717) is 30.1 Å². The van der Waals surface area contributed by atoms with Gasteiger partial charge in [0.25, 0.3) is 0 Å². The van der Waals surface area contributed by atoms with E-state index >= 15 is 0 Å². The molecule has 2 saturated carbocycles. The topological polar surface area (TPSA) is 63.6 Å². The summed E-state index contributed by atoms with van der Waals surface area (Å²) in [6.07, 6.45) is 4.19. The van der Waals surface area contributed by atoms with Gasteiger partial charge >= 0.3 is 0 Å². The van der Waals surface area contributed by atoms with E-state index in [1.807, 2.05) is 24.3 Å². The molecule has 3 rings (SSSR count). The molecule has 0 aliphatic heterocycles. The normalized spacial score (nSPS) is 29.1. The van der Waals surface area contributed by atoms with E-state index in [-0.39, 0.29) is 17.8 Å². The molecule has 4 nitrogen and oxygen atoms in total. The van der Waals surface area contributed by atoms with Gasteiger partial charge in [0.1, 0.15) is 13.2 Å². The first-order valence-electron chi connectivity index (χ1n) is 9.42. The summed E-state index contributed by atoms with van der Waals surface area (Å²) < 4.78 is 5.28. The first kappa shape index (κ1) is 19.0. The van der Waals surface area contributed by atoms with Gasteiger partial charge in [0.05, 0.1) is 6.61 Å². The van der Waals surface area contributed by atoms with Crippen LogP contribution in [0.5, 0.6) is 0 Å². The predicted octanol–water partition coefficient (Wildman–Crippen LogP) is 3.42. The molecule has 140 valence electrons. The lowest BCUT2D eigenvalue weighted by atomic mass is 9.75. The van der Waals surface area contributed by atoms with Crippen molar-refractivity contribution in [3.8, 4) is 0 Å². The number of fused-ring (bicyclic) bond motifs is 2. The Morgan fingerprint density at radius 1 is 1.35 bits per heavy atom. The van der Waals surface area contributed by atoms with E-state index in [1.54, 1.807) is 0 Å². The highest BCUT2D eigenvalue weighted by Crippen LogP contribution is 2.61. The summed E-state index contributed by atoms with van der Waals surface area (Å²) in [6.45, 7) is 6.37. The zero-order chi connectivity index (χ0) is 18.9. The van der Waals surface area contributed by atoms with E-state index < -0.39 is 6.61 Å². The molecule has 2 fully saturated rings. The number of hydrogen-bond acceptors (Lipinski definition) is 4. The Hall–Kier alpha value is -1.78. The van der Waals surface area contributed by atoms with Crippen LogP contribution in [0.15, 0.2) is 29.8 Å². The molecular weight excluding hydrogens is 328 g/mol. The number of benzene rings is 1. The Morgan fingerprint density at radius 3 is 2.62 bits per heavy atom. The Bertz CT molecular complexity index is 716. The third kappa shape index (κ3) is 3.40. The summed E-state index contributed by atoms with van der Waals surface area (Å²) >= 11 is 0. The van der Waals surface area contributed by atoms with Crippen LogP contribution in [0.3, 0.4) is 0 Å². The molecule has 2 aliphatic carbocycles. The maximum Gasteiger partial charge on any atom is 0.183 e. The van der Waals surface area contributed by atoms with Gasteiger partial charge in [0, 0.05) is 5.41 Å². The lowest BCUT2D eigenvalue weighted by Gasteiger charge is -2.27. The van der Waals surface area contributed by atoms with Crippen molar-refractivity contribution in [1.29, 1.82) is 0 Å². The molecular formula is C22H28O4. The van der Waals surface area contributed by atoms with Gasteiger partial charge in [0.2, 0.25) is 0 Å². The summed E-state index contributed by atoms with van der Waals surface area (Å²) in [5.41, 5.74) is 2.80. The van der Waals surface area contributed by atoms with Crippen LogP contribution in [-0.4, -0.2) is 29.9 Å². The van der Waals surface area contributed by atoms with Gasteiger partial charge in [-0.25, -0.2) is 0 Å². The third-order valence-electron chi connectivity index (χ3n) is 6.05. The predicted molar refractivity (Wildman–Crippen MR) is 100 cm³/mol. The smallest absolute Gasteiger partial charge is 0.183 e. The summed E-state index contributed by atoms with van der Waals surface area (Å²) in [5.74, 6) is 1.37. The molecule has 0 aromatic heterocycles. The first-order valence-corrected chi connectivity index (χ1v) is 9.42. The van der Waals surface area contributed by atoms with Gasteiger partial charge in [-0.15, -0.1) is 0 Å². The highest BCUT2D eigenvalue weighted by molar-refractivity contribution is 6.07. The van der Waals surface area contributed by atoms with Gasteiger partial charge in [0.15, 0.2) is 11.6 Å². The number of aliphatic hydroxyl groups excluding tert-OH is 1. The fraction of sp³-hybridized carbons (Fsp3) is 0.545. The first-order chi connectivity index (χ1) is 12.4. The maximum atomic E-state index is 13.0. The standard InChI is InChI=1S/C22H28O4/c1-14(2)20-18-8-9-22(20,3)21(25)19(18)10-15-4-6-16(7-5-15)12-26-13-17(24)11-23/h4-7,10,14,18,20,23H,8-9,11-13H2,1-3H3/b19-10-. The van der Waals surface area contributed by atoms with Crippen LogP contribution >= 0.6 is 0 Å². The van der Waals surface area contributed by atoms with Crippen molar-refractivity contribution in [3.05, 3.63) is 41.0 Å². The number of aliphatic hydroxyl groups is 1. The molecule has 0 amide bonds. The van der Waals surface area contributed by atoms with Gasteiger partial charge in [-0.05, 0) is 53.4 Å². The minimum atomic E-state index is -0.488. The zero-order valence-electron chi connectivity index (χ0n) is 15.8. The van der Waals surface area contributed by atoms with Crippen LogP contribution < -0.4 is 0 Å². The summed E-state index contributed by atoms with van der Waals surface area (Å²) in [7, 11) is 0. The van der Waals surface area contributed by atoms with E-state index in [4.69, 9.17) is 9.84 Å². The number of hydrogen-bond donors (Lipinski definition) is 1. The second-order valence-electron chi connectivity index (χ2n) is 8.19. The molecule has 3 atom stereocenters.